The number of rotatable bonds is 5. The van der Waals surface area contributed by atoms with Crippen molar-refractivity contribution in [2.24, 2.45) is 5.41 Å². The lowest BCUT2D eigenvalue weighted by Crippen LogP contribution is -2.38. The fraction of sp³-hybridized carbons (Fsp3) is 0.667. The van der Waals surface area contributed by atoms with Crippen molar-refractivity contribution in [3.8, 4) is 5.75 Å². The lowest BCUT2D eigenvalue weighted by Gasteiger charge is -2.38. The third kappa shape index (κ3) is 3.45. The molecule has 1 saturated carbocycles. The van der Waals surface area contributed by atoms with E-state index in [4.69, 9.17) is 4.74 Å². The molecular weight excluding hydrogens is 326 g/mol. The summed E-state index contributed by atoms with van der Waals surface area (Å²) in [6.45, 7) is 5.26. The van der Waals surface area contributed by atoms with Crippen LogP contribution in [0.5, 0.6) is 5.75 Å². The summed E-state index contributed by atoms with van der Waals surface area (Å²) in [5.74, 6) is 1.18. The summed E-state index contributed by atoms with van der Waals surface area (Å²) in [5.41, 5.74) is 3.22. The fourth-order valence-corrected chi connectivity index (χ4v) is 4.54. The molecule has 3 heteroatoms. The maximum atomic E-state index is 5.93. The standard InChI is InChI=1S/C18H26BrNO/c1-2-20-13-18(7-4-3-5-8-18)12-15-11-16(19)10-14-6-9-21-17(14)15/h10-11,20H,2-9,12-13H2,1H3. The van der Waals surface area contributed by atoms with Gasteiger partial charge in [-0.25, -0.2) is 0 Å². The molecule has 116 valence electrons. The Hall–Kier alpha value is -0.540. The van der Waals surface area contributed by atoms with Gasteiger partial charge in [0.15, 0.2) is 0 Å². The van der Waals surface area contributed by atoms with Gasteiger partial charge in [0.2, 0.25) is 0 Å². The molecule has 2 aliphatic rings. The van der Waals surface area contributed by atoms with Crippen molar-refractivity contribution in [3.63, 3.8) is 0 Å². The molecule has 1 aromatic rings. The van der Waals surface area contributed by atoms with Gasteiger partial charge >= 0.3 is 0 Å². The number of nitrogens with one attached hydrogen (secondary N) is 1. The molecule has 0 atom stereocenters. The van der Waals surface area contributed by atoms with Crippen molar-refractivity contribution < 1.29 is 4.74 Å². The lowest BCUT2D eigenvalue weighted by molar-refractivity contribution is 0.180. The monoisotopic (exact) mass is 351 g/mol. The van der Waals surface area contributed by atoms with E-state index in [-0.39, 0.29) is 0 Å². The fourth-order valence-electron chi connectivity index (χ4n) is 3.99. The van der Waals surface area contributed by atoms with E-state index in [9.17, 15) is 0 Å². The first-order chi connectivity index (χ1) is 10.2. The normalized spacial score (nSPS) is 20.1. The van der Waals surface area contributed by atoms with Gasteiger partial charge in [-0.2, -0.15) is 0 Å². The zero-order valence-electron chi connectivity index (χ0n) is 13.0. The predicted octanol–water partition coefficient (Wildman–Crippen LogP) is 4.49. The van der Waals surface area contributed by atoms with E-state index in [1.807, 2.05) is 0 Å². The summed E-state index contributed by atoms with van der Waals surface area (Å²) in [6.07, 6.45) is 9.07. The first kappa shape index (κ1) is 15.4. The number of halogens is 1. The molecular formula is C18H26BrNO. The van der Waals surface area contributed by atoms with E-state index in [2.05, 4.69) is 40.3 Å². The predicted molar refractivity (Wildman–Crippen MR) is 91.1 cm³/mol. The van der Waals surface area contributed by atoms with Crippen LogP contribution >= 0.6 is 15.9 Å². The highest BCUT2D eigenvalue weighted by atomic mass is 79.9. The summed E-state index contributed by atoms with van der Waals surface area (Å²) in [4.78, 5) is 0. The van der Waals surface area contributed by atoms with E-state index < -0.39 is 0 Å². The van der Waals surface area contributed by atoms with Gasteiger partial charge in [0.05, 0.1) is 6.61 Å². The second-order valence-electron chi connectivity index (χ2n) is 6.67. The van der Waals surface area contributed by atoms with Gasteiger partial charge in [-0.1, -0.05) is 42.1 Å². The molecule has 0 radical (unpaired) electrons. The van der Waals surface area contributed by atoms with Crippen LogP contribution in [0.1, 0.15) is 50.2 Å². The van der Waals surface area contributed by atoms with E-state index in [1.54, 1.807) is 0 Å². The van der Waals surface area contributed by atoms with Gasteiger partial charge in [0, 0.05) is 17.4 Å². The molecule has 0 saturated heterocycles. The third-order valence-corrected chi connectivity index (χ3v) is 5.51. The molecule has 1 aliphatic heterocycles. The molecule has 1 N–H and O–H groups in total. The van der Waals surface area contributed by atoms with Crippen LogP contribution < -0.4 is 10.1 Å². The molecule has 1 aromatic carbocycles. The van der Waals surface area contributed by atoms with Crippen LogP contribution in [-0.4, -0.2) is 19.7 Å². The molecule has 1 fully saturated rings. The van der Waals surface area contributed by atoms with Crippen molar-refractivity contribution >= 4 is 15.9 Å². The zero-order valence-corrected chi connectivity index (χ0v) is 14.6. The van der Waals surface area contributed by atoms with E-state index >= 15 is 0 Å². The Balaban J connectivity index is 1.85. The van der Waals surface area contributed by atoms with Crippen molar-refractivity contribution in [2.45, 2.75) is 51.9 Å². The highest BCUT2D eigenvalue weighted by Gasteiger charge is 2.33. The maximum absolute atomic E-state index is 5.93. The van der Waals surface area contributed by atoms with Gasteiger partial charge in [0.25, 0.3) is 0 Å². The highest BCUT2D eigenvalue weighted by molar-refractivity contribution is 9.10. The number of benzene rings is 1. The first-order valence-electron chi connectivity index (χ1n) is 8.37. The minimum absolute atomic E-state index is 0.425. The molecule has 0 amide bonds. The van der Waals surface area contributed by atoms with Crippen LogP contribution in [0.2, 0.25) is 0 Å². The molecule has 3 rings (SSSR count). The van der Waals surface area contributed by atoms with Gasteiger partial charge in [-0.05, 0) is 54.5 Å². The van der Waals surface area contributed by atoms with Crippen LogP contribution in [0, 0.1) is 5.41 Å². The molecule has 0 aromatic heterocycles. The molecule has 21 heavy (non-hydrogen) atoms. The van der Waals surface area contributed by atoms with E-state index in [0.717, 1.165) is 32.5 Å². The highest BCUT2D eigenvalue weighted by Crippen LogP contribution is 2.43. The molecule has 0 bridgehead atoms. The van der Waals surface area contributed by atoms with Crippen molar-refractivity contribution in [3.05, 3.63) is 27.7 Å². The summed E-state index contributed by atoms with van der Waals surface area (Å²) in [6, 6.07) is 4.51. The minimum Gasteiger partial charge on any atom is -0.493 e. The third-order valence-electron chi connectivity index (χ3n) is 5.06. The lowest BCUT2D eigenvalue weighted by atomic mass is 9.70. The second-order valence-corrected chi connectivity index (χ2v) is 7.59. The molecule has 2 nitrogen and oxygen atoms in total. The van der Waals surface area contributed by atoms with Crippen molar-refractivity contribution in [1.29, 1.82) is 0 Å². The largest absolute Gasteiger partial charge is 0.493 e. The Morgan fingerprint density at radius 2 is 2.05 bits per heavy atom. The average Bonchev–Trinajstić information content (AvgIpc) is 2.94. The SMILES string of the molecule is CCNCC1(Cc2cc(Br)cc3c2OCC3)CCCCC1. The average molecular weight is 352 g/mol. The number of ether oxygens (including phenoxy) is 1. The van der Waals surface area contributed by atoms with E-state index in [0.29, 0.717) is 5.41 Å². The van der Waals surface area contributed by atoms with Crippen LogP contribution in [0.3, 0.4) is 0 Å². The maximum Gasteiger partial charge on any atom is 0.125 e. The second kappa shape index (κ2) is 6.70. The summed E-state index contributed by atoms with van der Waals surface area (Å²) in [5, 5.41) is 3.61. The topological polar surface area (TPSA) is 21.3 Å². The van der Waals surface area contributed by atoms with Gasteiger partial charge < -0.3 is 10.1 Å². The summed E-state index contributed by atoms with van der Waals surface area (Å²) < 4.78 is 7.14. The Labute approximate surface area is 136 Å². The summed E-state index contributed by atoms with van der Waals surface area (Å²) in [7, 11) is 0. The van der Waals surface area contributed by atoms with Crippen molar-refractivity contribution in [1.82, 2.24) is 5.32 Å². The van der Waals surface area contributed by atoms with Crippen LogP contribution in [0.15, 0.2) is 16.6 Å². The van der Waals surface area contributed by atoms with Crippen LogP contribution in [0.4, 0.5) is 0 Å². The first-order valence-corrected chi connectivity index (χ1v) is 9.17. The van der Waals surface area contributed by atoms with Gasteiger partial charge in [-0.15, -0.1) is 0 Å². The van der Waals surface area contributed by atoms with Gasteiger partial charge in [-0.3, -0.25) is 0 Å². The smallest absolute Gasteiger partial charge is 0.125 e. The number of fused-ring (bicyclic) bond motifs is 1. The van der Waals surface area contributed by atoms with E-state index in [1.165, 1.54) is 53.5 Å². The molecule has 0 spiro atoms. The minimum atomic E-state index is 0.425. The Morgan fingerprint density at radius 1 is 1.24 bits per heavy atom. The molecule has 1 aliphatic carbocycles. The molecule has 1 heterocycles. The van der Waals surface area contributed by atoms with Gasteiger partial charge in [0.1, 0.15) is 5.75 Å². The quantitative estimate of drug-likeness (QED) is 0.843. The Bertz CT molecular complexity index is 494. The van der Waals surface area contributed by atoms with Crippen LogP contribution in [-0.2, 0) is 12.8 Å². The van der Waals surface area contributed by atoms with Crippen molar-refractivity contribution in [2.75, 3.05) is 19.7 Å². The summed E-state index contributed by atoms with van der Waals surface area (Å²) >= 11 is 3.68. The number of hydrogen-bond acceptors (Lipinski definition) is 2. The Morgan fingerprint density at radius 3 is 2.81 bits per heavy atom. The van der Waals surface area contributed by atoms with Crippen LogP contribution in [0.25, 0.3) is 0 Å². The number of hydrogen-bond donors (Lipinski definition) is 1. The zero-order chi connectivity index (χ0) is 14.7. The Kier molecular flexibility index (Phi) is 4.90. The molecule has 0 unspecified atom stereocenters.